The second kappa shape index (κ2) is 10.9. The van der Waals surface area contributed by atoms with Gasteiger partial charge in [0, 0.05) is 13.5 Å². The highest BCUT2D eigenvalue weighted by atomic mass is 35.5. The van der Waals surface area contributed by atoms with Crippen LogP contribution in [0.15, 0.2) is 36.4 Å². The predicted molar refractivity (Wildman–Crippen MR) is 112 cm³/mol. The SMILES string of the molecule is CN(CC(=O)Nc1ccccc1Cl)C(=O)COC(=O)CCC(=O)c1ccc(Cl)s1. The van der Waals surface area contributed by atoms with Gasteiger partial charge in [0.2, 0.25) is 5.91 Å². The standard InChI is InChI=1S/C19H18Cl2N2O5S/c1-23(10-17(25)22-13-5-3-2-4-12(13)20)18(26)11-28-19(27)9-6-14(24)15-7-8-16(21)29-15/h2-5,7-8H,6,9-11H2,1H3,(H,22,25). The highest BCUT2D eigenvalue weighted by Gasteiger charge is 2.17. The maximum atomic E-state index is 12.0. The number of esters is 1. The summed E-state index contributed by atoms with van der Waals surface area (Å²) < 4.78 is 5.37. The molecule has 1 N–H and O–H groups in total. The summed E-state index contributed by atoms with van der Waals surface area (Å²) in [5.74, 6) is -1.90. The minimum Gasteiger partial charge on any atom is -0.456 e. The summed E-state index contributed by atoms with van der Waals surface area (Å²) in [5.41, 5.74) is 0.433. The number of benzene rings is 1. The first kappa shape index (κ1) is 22.9. The van der Waals surface area contributed by atoms with Gasteiger partial charge in [-0.25, -0.2) is 0 Å². The Bertz CT molecular complexity index is 916. The Hall–Kier alpha value is -2.42. The van der Waals surface area contributed by atoms with E-state index in [1.807, 2.05) is 0 Å². The second-order valence-electron chi connectivity index (χ2n) is 5.97. The molecule has 154 valence electrons. The first-order valence-electron chi connectivity index (χ1n) is 8.48. The zero-order valence-electron chi connectivity index (χ0n) is 15.4. The van der Waals surface area contributed by atoms with E-state index in [1.54, 1.807) is 36.4 Å². The van der Waals surface area contributed by atoms with E-state index >= 15 is 0 Å². The first-order valence-corrected chi connectivity index (χ1v) is 10.1. The Morgan fingerprint density at radius 1 is 1.07 bits per heavy atom. The van der Waals surface area contributed by atoms with Gasteiger partial charge in [-0.15, -0.1) is 11.3 Å². The Morgan fingerprint density at radius 2 is 1.79 bits per heavy atom. The summed E-state index contributed by atoms with van der Waals surface area (Å²) in [6.45, 7) is -0.757. The number of rotatable bonds is 9. The van der Waals surface area contributed by atoms with Gasteiger partial charge >= 0.3 is 5.97 Å². The quantitative estimate of drug-likeness (QED) is 0.458. The molecule has 7 nitrogen and oxygen atoms in total. The molecule has 29 heavy (non-hydrogen) atoms. The average molecular weight is 457 g/mol. The molecule has 0 aliphatic rings. The Labute approximate surface area is 181 Å². The normalized spacial score (nSPS) is 10.3. The molecule has 2 rings (SSSR count). The summed E-state index contributed by atoms with van der Waals surface area (Å²) in [5, 5.41) is 2.97. The Morgan fingerprint density at radius 3 is 2.45 bits per heavy atom. The summed E-state index contributed by atoms with van der Waals surface area (Å²) in [6.07, 6.45) is -0.196. The zero-order chi connectivity index (χ0) is 21.4. The lowest BCUT2D eigenvalue weighted by atomic mass is 10.2. The fourth-order valence-corrected chi connectivity index (χ4v) is 3.38. The third-order valence-corrected chi connectivity index (χ3v) is 5.32. The highest BCUT2D eigenvalue weighted by Crippen LogP contribution is 2.23. The lowest BCUT2D eigenvalue weighted by Gasteiger charge is -2.17. The van der Waals surface area contributed by atoms with Gasteiger partial charge in [-0.05, 0) is 24.3 Å². The van der Waals surface area contributed by atoms with Crippen molar-refractivity contribution in [1.29, 1.82) is 0 Å². The molecule has 1 aromatic carbocycles. The summed E-state index contributed by atoms with van der Waals surface area (Å²) in [6, 6.07) is 9.90. The van der Waals surface area contributed by atoms with E-state index in [-0.39, 0.29) is 25.2 Å². The number of Topliss-reactive ketones (excluding diaryl/α,β-unsaturated/α-hetero) is 1. The molecule has 0 fully saturated rings. The van der Waals surface area contributed by atoms with Gasteiger partial charge in [0.05, 0.1) is 32.9 Å². The largest absolute Gasteiger partial charge is 0.456 e. The number of nitrogens with one attached hydrogen (secondary N) is 1. The van der Waals surface area contributed by atoms with Crippen LogP contribution >= 0.6 is 34.5 Å². The van der Waals surface area contributed by atoms with E-state index in [9.17, 15) is 19.2 Å². The smallest absolute Gasteiger partial charge is 0.306 e. The molecule has 0 aliphatic heterocycles. The fraction of sp³-hybridized carbons (Fsp3) is 0.263. The molecule has 0 atom stereocenters. The van der Waals surface area contributed by atoms with Crippen molar-refractivity contribution in [3.05, 3.63) is 50.6 Å². The molecule has 0 radical (unpaired) electrons. The summed E-state index contributed by atoms with van der Waals surface area (Å²) in [7, 11) is 1.41. The molecule has 1 heterocycles. The molecule has 0 aliphatic carbocycles. The number of halogens is 2. The number of amides is 2. The van der Waals surface area contributed by atoms with Crippen LogP contribution < -0.4 is 5.32 Å². The maximum absolute atomic E-state index is 12.0. The number of thiophene rings is 1. The molecule has 2 amide bonds. The lowest BCUT2D eigenvalue weighted by molar-refractivity contribution is -0.151. The van der Waals surface area contributed by atoms with Gasteiger partial charge in [-0.3, -0.25) is 19.2 Å². The minimum absolute atomic E-state index is 0.0417. The molecule has 0 saturated carbocycles. The Balaban J connectivity index is 1.70. The number of anilines is 1. The second-order valence-corrected chi connectivity index (χ2v) is 8.09. The number of carbonyl (C=O) groups is 4. The van der Waals surface area contributed by atoms with Crippen molar-refractivity contribution in [2.45, 2.75) is 12.8 Å². The molecule has 0 bridgehead atoms. The van der Waals surface area contributed by atoms with E-state index < -0.39 is 24.4 Å². The molecule has 1 aromatic heterocycles. The zero-order valence-corrected chi connectivity index (χ0v) is 17.8. The number of nitrogens with zero attached hydrogens (tertiary/aromatic N) is 1. The van der Waals surface area contributed by atoms with Crippen LogP contribution in [0.2, 0.25) is 9.36 Å². The fourth-order valence-electron chi connectivity index (χ4n) is 2.18. The number of hydrogen-bond donors (Lipinski definition) is 1. The van der Waals surface area contributed by atoms with Crippen LogP contribution in [-0.4, -0.2) is 48.7 Å². The lowest BCUT2D eigenvalue weighted by Crippen LogP contribution is -2.37. The van der Waals surface area contributed by atoms with Gasteiger partial charge in [0.25, 0.3) is 5.91 Å². The molecule has 0 saturated heterocycles. The topological polar surface area (TPSA) is 92.8 Å². The van der Waals surface area contributed by atoms with Crippen molar-refractivity contribution >= 4 is 63.8 Å². The van der Waals surface area contributed by atoms with E-state index in [4.69, 9.17) is 27.9 Å². The van der Waals surface area contributed by atoms with Crippen LogP contribution in [0.25, 0.3) is 0 Å². The van der Waals surface area contributed by atoms with Crippen molar-refractivity contribution in [1.82, 2.24) is 4.90 Å². The van der Waals surface area contributed by atoms with E-state index in [0.717, 1.165) is 16.2 Å². The number of carbonyl (C=O) groups excluding carboxylic acids is 4. The summed E-state index contributed by atoms with van der Waals surface area (Å²) >= 11 is 12.9. The van der Waals surface area contributed by atoms with Crippen molar-refractivity contribution in [2.24, 2.45) is 0 Å². The van der Waals surface area contributed by atoms with E-state index in [0.29, 0.717) is 19.9 Å². The third kappa shape index (κ3) is 7.49. The molecule has 0 spiro atoms. The number of ketones is 1. The van der Waals surface area contributed by atoms with Gasteiger partial charge in [-0.1, -0.05) is 35.3 Å². The van der Waals surface area contributed by atoms with Crippen molar-refractivity contribution in [2.75, 3.05) is 25.5 Å². The minimum atomic E-state index is -0.678. The predicted octanol–water partition coefficient (Wildman–Crippen LogP) is 3.66. The van der Waals surface area contributed by atoms with Crippen LogP contribution in [-0.2, 0) is 19.1 Å². The number of likely N-dealkylation sites (N-methyl/N-ethyl adjacent to an activating group) is 1. The van der Waals surface area contributed by atoms with Gasteiger partial charge in [0.1, 0.15) is 0 Å². The highest BCUT2D eigenvalue weighted by molar-refractivity contribution is 7.18. The summed E-state index contributed by atoms with van der Waals surface area (Å²) in [4.78, 5) is 49.3. The molecule has 0 unspecified atom stereocenters. The molecule has 2 aromatic rings. The van der Waals surface area contributed by atoms with Crippen LogP contribution in [0.4, 0.5) is 5.69 Å². The number of hydrogen-bond acceptors (Lipinski definition) is 6. The van der Waals surface area contributed by atoms with Crippen molar-refractivity contribution in [3.8, 4) is 0 Å². The third-order valence-electron chi connectivity index (χ3n) is 3.72. The molecular formula is C19H18Cl2N2O5S. The first-order chi connectivity index (χ1) is 13.8. The Kier molecular flexibility index (Phi) is 8.63. The number of para-hydroxylation sites is 1. The van der Waals surface area contributed by atoms with Crippen LogP contribution in [0, 0.1) is 0 Å². The van der Waals surface area contributed by atoms with Crippen LogP contribution in [0.1, 0.15) is 22.5 Å². The van der Waals surface area contributed by atoms with Crippen LogP contribution in [0.3, 0.4) is 0 Å². The van der Waals surface area contributed by atoms with Crippen LogP contribution in [0.5, 0.6) is 0 Å². The average Bonchev–Trinajstić information content (AvgIpc) is 3.12. The van der Waals surface area contributed by atoms with Gasteiger partial charge in [-0.2, -0.15) is 0 Å². The van der Waals surface area contributed by atoms with Gasteiger partial charge < -0.3 is 15.0 Å². The monoisotopic (exact) mass is 456 g/mol. The van der Waals surface area contributed by atoms with Crippen molar-refractivity contribution < 1.29 is 23.9 Å². The van der Waals surface area contributed by atoms with E-state index in [1.165, 1.54) is 7.05 Å². The van der Waals surface area contributed by atoms with Gasteiger partial charge in [0.15, 0.2) is 12.4 Å². The molecular weight excluding hydrogens is 439 g/mol. The number of ether oxygens (including phenoxy) is 1. The maximum Gasteiger partial charge on any atom is 0.306 e. The van der Waals surface area contributed by atoms with Crippen molar-refractivity contribution in [3.63, 3.8) is 0 Å². The molecule has 10 heteroatoms. The van der Waals surface area contributed by atoms with E-state index in [2.05, 4.69) is 5.32 Å².